The maximum absolute atomic E-state index is 13.8. The lowest BCUT2D eigenvalue weighted by atomic mass is 10.1. The van der Waals surface area contributed by atoms with Crippen molar-refractivity contribution in [1.82, 2.24) is 4.98 Å². The monoisotopic (exact) mass is 300 g/mol. The molecule has 1 heterocycles. The summed E-state index contributed by atoms with van der Waals surface area (Å²) in [7, 11) is 0. The van der Waals surface area contributed by atoms with Gasteiger partial charge in [-0.2, -0.15) is 0 Å². The van der Waals surface area contributed by atoms with Crippen LogP contribution in [0.2, 0.25) is 5.02 Å². The molecule has 0 saturated heterocycles. The molecule has 1 N–H and O–H groups in total. The number of aryl methyl sites for hydroxylation is 1. The lowest BCUT2D eigenvalue weighted by Gasteiger charge is -2.10. The number of rotatable bonds is 3. The van der Waals surface area contributed by atoms with Gasteiger partial charge in [0.15, 0.2) is 0 Å². The molecule has 1 aromatic heterocycles. The minimum absolute atomic E-state index is 0.249. The Morgan fingerprint density at radius 2 is 2.05 bits per heavy atom. The molecular weight excluding hydrogens is 287 g/mol. The molecule has 0 radical (unpaired) electrons. The van der Waals surface area contributed by atoms with E-state index in [-0.39, 0.29) is 5.82 Å². The van der Waals surface area contributed by atoms with Crippen LogP contribution in [0.4, 0.5) is 10.1 Å². The third kappa shape index (κ3) is 2.83. The van der Waals surface area contributed by atoms with E-state index in [9.17, 15) is 4.39 Å². The van der Waals surface area contributed by atoms with Crippen molar-refractivity contribution >= 4 is 28.2 Å². The number of hydrogen-bond donors (Lipinski definition) is 1. The molecule has 3 aromatic rings. The van der Waals surface area contributed by atoms with E-state index in [2.05, 4.69) is 10.3 Å². The lowest BCUT2D eigenvalue weighted by molar-refractivity contribution is 0.629. The maximum Gasteiger partial charge on any atom is 0.146 e. The van der Waals surface area contributed by atoms with Crippen LogP contribution in [0.5, 0.6) is 0 Å². The van der Waals surface area contributed by atoms with E-state index in [1.807, 2.05) is 37.3 Å². The first kappa shape index (κ1) is 13.8. The fourth-order valence-electron chi connectivity index (χ4n) is 2.29. The molecule has 21 heavy (non-hydrogen) atoms. The summed E-state index contributed by atoms with van der Waals surface area (Å²) in [6.07, 6.45) is 1.73. The number of fused-ring (bicyclic) bond motifs is 1. The predicted octanol–water partition coefficient (Wildman–Crippen LogP) is 4.95. The molecular formula is C17H14ClFN2. The van der Waals surface area contributed by atoms with Crippen molar-refractivity contribution in [3.05, 3.63) is 70.6 Å². The highest BCUT2D eigenvalue weighted by Gasteiger charge is 2.07. The first-order valence-corrected chi connectivity index (χ1v) is 7.05. The fourth-order valence-corrected chi connectivity index (χ4v) is 2.51. The zero-order valence-electron chi connectivity index (χ0n) is 11.5. The largest absolute Gasteiger partial charge is 0.379 e. The van der Waals surface area contributed by atoms with Gasteiger partial charge in [0.05, 0.1) is 11.2 Å². The van der Waals surface area contributed by atoms with Crippen LogP contribution in [0.1, 0.15) is 11.1 Å². The summed E-state index contributed by atoms with van der Waals surface area (Å²) in [5.41, 5.74) is 3.20. The van der Waals surface area contributed by atoms with Gasteiger partial charge < -0.3 is 5.32 Å². The minimum atomic E-state index is -0.249. The number of aromatic nitrogens is 1. The molecule has 3 rings (SSSR count). The fraction of sp³-hybridized carbons (Fsp3) is 0.118. The Morgan fingerprint density at radius 1 is 1.19 bits per heavy atom. The third-order valence-electron chi connectivity index (χ3n) is 3.39. The van der Waals surface area contributed by atoms with Crippen molar-refractivity contribution in [1.29, 1.82) is 0 Å². The molecule has 0 unspecified atom stereocenters. The van der Waals surface area contributed by atoms with Gasteiger partial charge in [0, 0.05) is 23.2 Å². The van der Waals surface area contributed by atoms with E-state index in [0.29, 0.717) is 17.3 Å². The molecule has 0 aliphatic rings. The summed E-state index contributed by atoms with van der Waals surface area (Å²) < 4.78 is 13.8. The van der Waals surface area contributed by atoms with Crippen molar-refractivity contribution in [3.8, 4) is 0 Å². The standard InChI is InChI=1S/C17H14ClFN2/c1-11-4-7-16(15(19)9-11)21-10-12-5-6-14(18)13-3-2-8-20-17(12)13/h2-9,21H,10H2,1H3. The van der Waals surface area contributed by atoms with E-state index >= 15 is 0 Å². The SMILES string of the molecule is Cc1ccc(NCc2ccc(Cl)c3cccnc23)c(F)c1. The number of benzene rings is 2. The summed E-state index contributed by atoms with van der Waals surface area (Å²) >= 11 is 6.17. The quantitative estimate of drug-likeness (QED) is 0.740. The Hall–Kier alpha value is -2.13. The Labute approximate surface area is 127 Å². The molecule has 0 amide bonds. The van der Waals surface area contributed by atoms with Crippen molar-refractivity contribution in [3.63, 3.8) is 0 Å². The molecule has 2 nitrogen and oxygen atoms in total. The Morgan fingerprint density at radius 3 is 2.86 bits per heavy atom. The highest BCUT2D eigenvalue weighted by Crippen LogP contribution is 2.25. The molecule has 0 atom stereocenters. The molecule has 0 aliphatic carbocycles. The molecule has 0 fully saturated rings. The Bertz CT molecular complexity index is 802. The molecule has 0 spiro atoms. The highest BCUT2D eigenvalue weighted by atomic mass is 35.5. The molecule has 106 valence electrons. The lowest BCUT2D eigenvalue weighted by Crippen LogP contribution is -2.03. The van der Waals surface area contributed by atoms with Gasteiger partial charge in [0.2, 0.25) is 0 Å². The number of halogens is 2. The van der Waals surface area contributed by atoms with E-state index in [4.69, 9.17) is 11.6 Å². The topological polar surface area (TPSA) is 24.9 Å². The molecule has 2 aromatic carbocycles. The van der Waals surface area contributed by atoms with Crippen LogP contribution in [-0.2, 0) is 6.54 Å². The Balaban J connectivity index is 1.90. The smallest absolute Gasteiger partial charge is 0.146 e. The van der Waals surface area contributed by atoms with Gasteiger partial charge in [0.1, 0.15) is 5.82 Å². The summed E-state index contributed by atoms with van der Waals surface area (Å²) in [6, 6.07) is 12.7. The van der Waals surface area contributed by atoms with E-state index in [1.54, 1.807) is 12.3 Å². The average Bonchev–Trinajstić information content (AvgIpc) is 2.48. The van der Waals surface area contributed by atoms with Gasteiger partial charge >= 0.3 is 0 Å². The number of anilines is 1. The maximum atomic E-state index is 13.8. The first-order valence-electron chi connectivity index (χ1n) is 6.67. The summed E-state index contributed by atoms with van der Waals surface area (Å²) in [4.78, 5) is 4.37. The summed E-state index contributed by atoms with van der Waals surface area (Å²) in [6.45, 7) is 2.36. The van der Waals surface area contributed by atoms with Crippen LogP contribution in [0.3, 0.4) is 0 Å². The van der Waals surface area contributed by atoms with Crippen LogP contribution in [-0.4, -0.2) is 4.98 Å². The number of nitrogens with one attached hydrogen (secondary N) is 1. The zero-order valence-corrected chi connectivity index (χ0v) is 12.3. The van der Waals surface area contributed by atoms with Crippen molar-refractivity contribution in [2.24, 2.45) is 0 Å². The second-order valence-electron chi connectivity index (χ2n) is 4.94. The first-order chi connectivity index (χ1) is 10.1. The molecule has 0 aliphatic heterocycles. The van der Waals surface area contributed by atoms with E-state index in [1.165, 1.54) is 6.07 Å². The van der Waals surface area contributed by atoms with E-state index < -0.39 is 0 Å². The van der Waals surface area contributed by atoms with Crippen LogP contribution in [0, 0.1) is 12.7 Å². The van der Waals surface area contributed by atoms with Gasteiger partial charge in [-0.1, -0.05) is 23.7 Å². The Kier molecular flexibility index (Phi) is 3.76. The van der Waals surface area contributed by atoms with Crippen LogP contribution in [0.15, 0.2) is 48.7 Å². The van der Waals surface area contributed by atoms with Crippen LogP contribution < -0.4 is 5.32 Å². The minimum Gasteiger partial charge on any atom is -0.379 e. The highest BCUT2D eigenvalue weighted by molar-refractivity contribution is 6.35. The summed E-state index contributed by atoms with van der Waals surface area (Å²) in [5, 5.41) is 4.69. The zero-order chi connectivity index (χ0) is 14.8. The number of pyridine rings is 1. The van der Waals surface area contributed by atoms with Gasteiger partial charge in [-0.3, -0.25) is 4.98 Å². The third-order valence-corrected chi connectivity index (χ3v) is 3.72. The van der Waals surface area contributed by atoms with Crippen LogP contribution in [0.25, 0.3) is 10.9 Å². The van der Waals surface area contributed by atoms with Gasteiger partial charge in [-0.05, 0) is 48.4 Å². The summed E-state index contributed by atoms with van der Waals surface area (Å²) in [5.74, 6) is -0.249. The normalized spacial score (nSPS) is 10.8. The molecule has 0 bridgehead atoms. The average molecular weight is 301 g/mol. The molecule has 4 heteroatoms. The second kappa shape index (κ2) is 5.70. The van der Waals surface area contributed by atoms with E-state index in [0.717, 1.165) is 22.0 Å². The number of nitrogens with zero attached hydrogens (tertiary/aromatic N) is 1. The van der Waals surface area contributed by atoms with Crippen molar-refractivity contribution in [2.45, 2.75) is 13.5 Å². The predicted molar refractivity (Wildman–Crippen MR) is 85.2 cm³/mol. The van der Waals surface area contributed by atoms with Gasteiger partial charge in [-0.25, -0.2) is 4.39 Å². The van der Waals surface area contributed by atoms with Crippen molar-refractivity contribution < 1.29 is 4.39 Å². The molecule has 0 saturated carbocycles. The van der Waals surface area contributed by atoms with Gasteiger partial charge in [0.25, 0.3) is 0 Å². The second-order valence-corrected chi connectivity index (χ2v) is 5.35. The van der Waals surface area contributed by atoms with Crippen LogP contribution >= 0.6 is 11.6 Å². The number of hydrogen-bond acceptors (Lipinski definition) is 2. The van der Waals surface area contributed by atoms with Gasteiger partial charge in [-0.15, -0.1) is 0 Å². The van der Waals surface area contributed by atoms with Crippen molar-refractivity contribution in [2.75, 3.05) is 5.32 Å².